The molecule has 7 rings (SSSR count). The van der Waals surface area contributed by atoms with Crippen molar-refractivity contribution in [1.82, 2.24) is 50.8 Å². The highest BCUT2D eigenvalue weighted by Gasteiger charge is 2.54. The number of nitrogens with zero attached hydrogens (tertiary/aromatic N) is 7. The smallest absolute Gasteiger partial charge is 0.352 e. The van der Waals surface area contributed by atoms with E-state index in [0.717, 1.165) is 4.90 Å². The van der Waals surface area contributed by atoms with Crippen molar-refractivity contribution in [2.24, 2.45) is 0 Å². The number of carbonyl (C=O) groups is 4. The number of β-lactam (4-membered cyclic amide) rings is 1. The summed E-state index contributed by atoms with van der Waals surface area (Å²) in [4.78, 5) is 73.8. The topological polar surface area (TPSA) is 238 Å². The van der Waals surface area contributed by atoms with Gasteiger partial charge in [0.25, 0.3) is 11.8 Å². The molecule has 1 saturated heterocycles. The zero-order valence-corrected chi connectivity index (χ0v) is 25.9. The van der Waals surface area contributed by atoms with Gasteiger partial charge < -0.3 is 25.8 Å². The number of rotatable bonds is 9. The lowest BCUT2D eigenvalue weighted by Crippen LogP contribution is -2.71. The predicted octanol–water partition coefficient (Wildman–Crippen LogP) is 0.463. The van der Waals surface area contributed by atoms with E-state index in [1.165, 1.54) is 64.8 Å². The van der Waals surface area contributed by atoms with E-state index in [2.05, 4.69) is 41.2 Å². The molecule has 0 spiro atoms. The molecule has 2 aliphatic rings. The Kier molecular flexibility index (Phi) is 7.97. The van der Waals surface area contributed by atoms with E-state index in [1.54, 1.807) is 24.3 Å². The average molecular weight is 687 g/mol. The van der Waals surface area contributed by atoms with Crippen molar-refractivity contribution < 1.29 is 29.4 Å². The van der Waals surface area contributed by atoms with Gasteiger partial charge in [0.15, 0.2) is 5.65 Å². The third-order valence-corrected chi connectivity index (χ3v) is 9.98. The number of carbonyl (C=O) groups excluding carboxylic acids is 3. The first-order chi connectivity index (χ1) is 23.2. The number of phenols is 1. The van der Waals surface area contributed by atoms with Gasteiger partial charge in [-0.2, -0.15) is 0 Å². The summed E-state index contributed by atoms with van der Waals surface area (Å²) in [5.74, 6) is -3.19. The Bertz CT molecular complexity index is 2220. The van der Waals surface area contributed by atoms with Crippen molar-refractivity contribution >= 4 is 63.9 Å². The fourth-order valence-electron chi connectivity index (χ4n) is 5.29. The quantitative estimate of drug-likeness (QED) is 0.105. The molecule has 6 heterocycles. The fourth-order valence-corrected chi connectivity index (χ4v) is 7.63. The van der Waals surface area contributed by atoms with Crippen LogP contribution in [0, 0.1) is 0 Å². The maximum Gasteiger partial charge on any atom is 0.352 e. The molecule has 242 valence electrons. The Morgan fingerprint density at radius 1 is 1.12 bits per heavy atom. The van der Waals surface area contributed by atoms with Crippen LogP contribution < -0.4 is 16.1 Å². The van der Waals surface area contributed by atoms with Gasteiger partial charge in [-0.05, 0) is 58.0 Å². The van der Waals surface area contributed by atoms with Crippen LogP contribution in [-0.4, -0.2) is 96.9 Å². The Balaban J connectivity index is 1.09. The molecule has 3 atom stereocenters. The van der Waals surface area contributed by atoms with Crippen molar-refractivity contribution in [3.63, 3.8) is 0 Å². The summed E-state index contributed by atoms with van der Waals surface area (Å²) in [6, 6.07) is 9.61. The van der Waals surface area contributed by atoms with Crippen LogP contribution in [0.4, 0.5) is 0 Å². The maximum atomic E-state index is 13.7. The van der Waals surface area contributed by atoms with E-state index < -0.39 is 46.6 Å². The number of phenolic OH excluding ortho intramolecular Hbond substituents is 1. The number of amides is 3. The normalized spacial score (nSPS) is 17.9. The van der Waals surface area contributed by atoms with Crippen LogP contribution in [0.1, 0.15) is 22.0 Å². The van der Waals surface area contributed by atoms with Gasteiger partial charge in [-0.25, -0.2) is 4.79 Å². The first kappa shape index (κ1) is 30.8. The SMILES string of the molecule is O=C(O)C1=C(CSc2ccc3nnnn3n2)CS[C@H]2C(NC(=O)C(NC(=O)c3c[nH]c4cccnc4c3=O)c3ccc(O)cc3)C(=O)N12. The summed E-state index contributed by atoms with van der Waals surface area (Å²) in [7, 11) is 0. The second-order valence-corrected chi connectivity index (χ2v) is 12.7. The van der Waals surface area contributed by atoms with Crippen LogP contribution in [0.25, 0.3) is 16.7 Å². The minimum absolute atomic E-state index is 0.0372. The third-order valence-electron chi connectivity index (χ3n) is 7.64. The Hall–Kier alpha value is -5.82. The van der Waals surface area contributed by atoms with E-state index >= 15 is 0 Å². The second-order valence-electron chi connectivity index (χ2n) is 10.6. The molecule has 5 aromatic rings. The number of fused-ring (bicyclic) bond motifs is 3. The van der Waals surface area contributed by atoms with Crippen molar-refractivity contribution in [3.05, 3.63) is 93.5 Å². The lowest BCUT2D eigenvalue weighted by molar-refractivity contribution is -0.151. The van der Waals surface area contributed by atoms with Gasteiger partial charge in [0.2, 0.25) is 11.3 Å². The summed E-state index contributed by atoms with van der Waals surface area (Å²) in [5, 5.41) is 40.3. The van der Waals surface area contributed by atoms with Crippen molar-refractivity contribution in [2.75, 3.05) is 11.5 Å². The number of H-pyrrole nitrogens is 1. The molecule has 17 nitrogen and oxygen atoms in total. The van der Waals surface area contributed by atoms with Gasteiger partial charge in [-0.3, -0.25) is 29.1 Å². The monoisotopic (exact) mass is 686 g/mol. The van der Waals surface area contributed by atoms with Gasteiger partial charge >= 0.3 is 5.97 Å². The van der Waals surface area contributed by atoms with Crippen LogP contribution in [0.15, 0.2) is 82.0 Å². The minimum Gasteiger partial charge on any atom is -0.508 e. The number of hydrogen-bond donors (Lipinski definition) is 5. The molecule has 19 heteroatoms. The Labute approximate surface area is 276 Å². The van der Waals surface area contributed by atoms with Gasteiger partial charge in [0, 0.05) is 23.9 Å². The summed E-state index contributed by atoms with van der Waals surface area (Å²) in [5.41, 5.74) is 0.552. The van der Waals surface area contributed by atoms with Crippen LogP contribution in [0.2, 0.25) is 0 Å². The number of benzene rings is 1. The summed E-state index contributed by atoms with van der Waals surface area (Å²) in [6.45, 7) is 0. The molecule has 2 unspecified atom stereocenters. The fraction of sp³-hybridized carbons (Fsp3) is 0.172. The number of nitrogens with one attached hydrogen (secondary N) is 3. The van der Waals surface area contributed by atoms with Gasteiger partial charge in [-0.1, -0.05) is 12.1 Å². The molecule has 5 N–H and O–H groups in total. The third kappa shape index (κ3) is 5.58. The van der Waals surface area contributed by atoms with Gasteiger partial charge in [0.05, 0.1) is 5.52 Å². The number of pyridine rings is 2. The first-order valence-electron chi connectivity index (χ1n) is 14.1. The van der Waals surface area contributed by atoms with Crippen molar-refractivity contribution in [2.45, 2.75) is 22.5 Å². The van der Waals surface area contributed by atoms with Crippen molar-refractivity contribution in [3.8, 4) is 5.75 Å². The lowest BCUT2D eigenvalue weighted by atomic mass is 10.0. The maximum absolute atomic E-state index is 13.7. The summed E-state index contributed by atoms with van der Waals surface area (Å²) < 4.78 is 1.25. The molecule has 0 bridgehead atoms. The number of carboxylic acid groups (broad SMARTS) is 1. The van der Waals surface area contributed by atoms with E-state index in [1.807, 2.05) is 0 Å². The zero-order chi connectivity index (χ0) is 33.5. The van der Waals surface area contributed by atoms with Crippen LogP contribution in [-0.2, 0) is 14.4 Å². The second kappa shape index (κ2) is 12.4. The van der Waals surface area contributed by atoms with Gasteiger partial charge in [0.1, 0.15) is 45.0 Å². The standard InChI is InChI=1S/C29H22N10O7S2/c40-15-5-3-13(4-6-15)20(32-25(42)16-10-31-17-2-1-9-30-21(17)24(16)41)26(43)33-22-27(44)38-23(29(45)46)14(12-48-28(22)38)11-47-19-8-7-18-34-36-37-39(18)35-19/h1-10,20,22,28,40H,11-12H2,(H,31,41)(H,32,42)(H,33,43)(H,45,46)/t20?,22?,28-/m0/s1. The molecule has 1 fully saturated rings. The number of thioether (sulfide) groups is 2. The molecular weight excluding hydrogens is 665 g/mol. The molecule has 0 aliphatic carbocycles. The Morgan fingerprint density at radius 3 is 2.73 bits per heavy atom. The lowest BCUT2D eigenvalue weighted by Gasteiger charge is -2.49. The van der Waals surface area contributed by atoms with E-state index in [4.69, 9.17) is 0 Å². The average Bonchev–Trinajstić information content (AvgIpc) is 3.57. The van der Waals surface area contributed by atoms with Gasteiger partial charge in [-0.15, -0.1) is 38.4 Å². The summed E-state index contributed by atoms with van der Waals surface area (Å²) in [6.07, 6.45) is 2.63. The van der Waals surface area contributed by atoms with E-state index in [9.17, 15) is 34.2 Å². The number of hydrogen-bond acceptors (Lipinski definition) is 13. The number of aromatic nitrogens is 7. The highest BCUT2D eigenvalue weighted by atomic mass is 32.2. The molecule has 0 radical (unpaired) electrons. The van der Waals surface area contributed by atoms with Crippen molar-refractivity contribution in [1.29, 1.82) is 0 Å². The van der Waals surface area contributed by atoms with Crippen LogP contribution in [0.5, 0.6) is 5.75 Å². The number of tetrazole rings is 1. The highest BCUT2D eigenvalue weighted by Crippen LogP contribution is 2.41. The molecule has 4 aromatic heterocycles. The summed E-state index contributed by atoms with van der Waals surface area (Å²) >= 11 is 2.54. The number of aliphatic carboxylic acids is 1. The largest absolute Gasteiger partial charge is 0.508 e. The zero-order valence-electron chi connectivity index (χ0n) is 24.3. The molecule has 48 heavy (non-hydrogen) atoms. The number of carboxylic acids is 1. The number of aromatic amines is 1. The minimum atomic E-state index is -1.39. The highest BCUT2D eigenvalue weighted by molar-refractivity contribution is 8.01. The predicted molar refractivity (Wildman–Crippen MR) is 170 cm³/mol. The molecule has 0 saturated carbocycles. The molecule has 3 amide bonds. The molecule has 2 aliphatic heterocycles. The Morgan fingerprint density at radius 2 is 1.94 bits per heavy atom. The van der Waals surface area contributed by atoms with Crippen LogP contribution in [0.3, 0.4) is 0 Å². The van der Waals surface area contributed by atoms with E-state index in [0.29, 0.717) is 21.8 Å². The number of aromatic hydroxyl groups is 1. The van der Waals surface area contributed by atoms with Crippen LogP contribution >= 0.6 is 23.5 Å². The van der Waals surface area contributed by atoms with E-state index in [-0.39, 0.29) is 39.6 Å². The molecular formula is C29H22N10O7S2. The molecule has 1 aromatic carbocycles. The first-order valence-corrected chi connectivity index (χ1v) is 16.2.